The summed E-state index contributed by atoms with van der Waals surface area (Å²) in [6, 6.07) is 21.7. The number of carbonyl (C=O) groups excluding carboxylic acids is 1. The summed E-state index contributed by atoms with van der Waals surface area (Å²) in [6.45, 7) is 2.33. The molecule has 4 nitrogen and oxygen atoms in total. The molecule has 1 atom stereocenters. The number of fused-ring (bicyclic) bond motifs is 1. The van der Waals surface area contributed by atoms with Crippen LogP contribution in [0.1, 0.15) is 22.0 Å². The summed E-state index contributed by atoms with van der Waals surface area (Å²) in [5, 5.41) is 11.7. The van der Waals surface area contributed by atoms with Crippen LogP contribution in [0.25, 0.3) is 10.8 Å². The van der Waals surface area contributed by atoms with Gasteiger partial charge in [0.25, 0.3) is 5.91 Å². The molecule has 0 spiro atoms. The third-order valence-corrected chi connectivity index (χ3v) is 5.27. The van der Waals surface area contributed by atoms with E-state index in [2.05, 4.69) is 6.07 Å². The van der Waals surface area contributed by atoms with E-state index < -0.39 is 6.04 Å². The molecule has 1 saturated heterocycles. The third-order valence-electron chi connectivity index (χ3n) is 5.27. The zero-order chi connectivity index (χ0) is 19.5. The Morgan fingerprint density at radius 3 is 2.29 bits per heavy atom. The van der Waals surface area contributed by atoms with Gasteiger partial charge in [0.05, 0.1) is 6.07 Å². The summed E-state index contributed by atoms with van der Waals surface area (Å²) in [4.78, 5) is 16.8. The minimum Gasteiger partial charge on any atom is -0.336 e. The van der Waals surface area contributed by atoms with Crippen molar-refractivity contribution in [1.82, 2.24) is 9.80 Å². The van der Waals surface area contributed by atoms with Gasteiger partial charge in [0, 0.05) is 31.7 Å². The highest BCUT2D eigenvalue weighted by Gasteiger charge is 2.27. The van der Waals surface area contributed by atoms with Gasteiger partial charge in [-0.2, -0.15) is 5.26 Å². The molecule has 0 bridgehead atoms. The quantitative estimate of drug-likeness (QED) is 0.697. The molecular formula is C23H20FN3O. The van der Waals surface area contributed by atoms with Crippen molar-refractivity contribution in [3.63, 3.8) is 0 Å². The number of halogens is 1. The zero-order valence-electron chi connectivity index (χ0n) is 15.4. The molecule has 0 aliphatic carbocycles. The summed E-state index contributed by atoms with van der Waals surface area (Å²) in [5.41, 5.74) is 1.46. The molecule has 0 radical (unpaired) electrons. The van der Waals surface area contributed by atoms with Gasteiger partial charge in [0.1, 0.15) is 11.9 Å². The second-order valence-corrected chi connectivity index (χ2v) is 6.97. The molecule has 0 aromatic heterocycles. The number of piperazine rings is 1. The number of carbonyl (C=O) groups is 1. The summed E-state index contributed by atoms with van der Waals surface area (Å²) < 4.78 is 13.2. The molecule has 1 heterocycles. The largest absolute Gasteiger partial charge is 0.336 e. The molecule has 1 fully saturated rings. The van der Waals surface area contributed by atoms with Crippen LogP contribution in [-0.2, 0) is 0 Å². The average Bonchev–Trinajstić information content (AvgIpc) is 2.75. The lowest BCUT2D eigenvalue weighted by Gasteiger charge is -2.37. The fraction of sp³-hybridized carbons (Fsp3) is 0.217. The SMILES string of the molecule is N#C[C@H](c1ccc(F)cc1)N1CCN(C(=O)c2ccc3ccccc3c2)CC1. The van der Waals surface area contributed by atoms with E-state index in [-0.39, 0.29) is 11.7 Å². The molecule has 4 rings (SSSR count). The fourth-order valence-electron chi connectivity index (χ4n) is 3.70. The van der Waals surface area contributed by atoms with Crippen molar-refractivity contribution in [3.05, 3.63) is 83.7 Å². The first-order valence-electron chi connectivity index (χ1n) is 9.33. The maximum Gasteiger partial charge on any atom is 0.253 e. The van der Waals surface area contributed by atoms with Crippen molar-refractivity contribution in [2.75, 3.05) is 26.2 Å². The van der Waals surface area contributed by atoms with Crippen molar-refractivity contribution in [3.8, 4) is 6.07 Å². The Morgan fingerprint density at radius 2 is 1.61 bits per heavy atom. The van der Waals surface area contributed by atoms with Crippen molar-refractivity contribution in [2.24, 2.45) is 0 Å². The molecule has 0 unspecified atom stereocenters. The number of hydrogen-bond donors (Lipinski definition) is 0. The minimum atomic E-state index is -0.432. The Bertz CT molecular complexity index is 1030. The number of nitrogens with zero attached hydrogens (tertiary/aromatic N) is 3. The highest BCUT2D eigenvalue weighted by atomic mass is 19.1. The molecule has 1 amide bonds. The lowest BCUT2D eigenvalue weighted by Crippen LogP contribution is -2.49. The summed E-state index contributed by atoms with van der Waals surface area (Å²) in [7, 11) is 0. The van der Waals surface area contributed by atoms with Gasteiger partial charge in [-0.05, 0) is 40.6 Å². The van der Waals surface area contributed by atoms with Crippen LogP contribution in [0, 0.1) is 17.1 Å². The van der Waals surface area contributed by atoms with Crippen LogP contribution in [0.2, 0.25) is 0 Å². The number of nitriles is 1. The summed E-state index contributed by atoms with van der Waals surface area (Å²) in [5.74, 6) is -0.299. The highest BCUT2D eigenvalue weighted by Crippen LogP contribution is 2.23. The van der Waals surface area contributed by atoms with Crippen LogP contribution in [0.4, 0.5) is 4.39 Å². The predicted octanol–water partition coefficient (Wildman–Crippen LogP) is 4.00. The molecule has 3 aromatic rings. The van der Waals surface area contributed by atoms with E-state index in [1.54, 1.807) is 12.1 Å². The molecule has 28 heavy (non-hydrogen) atoms. The first kappa shape index (κ1) is 18.1. The molecule has 140 valence electrons. The van der Waals surface area contributed by atoms with E-state index >= 15 is 0 Å². The van der Waals surface area contributed by atoms with E-state index in [1.807, 2.05) is 52.3 Å². The number of benzene rings is 3. The monoisotopic (exact) mass is 373 g/mol. The van der Waals surface area contributed by atoms with E-state index in [0.717, 1.165) is 16.3 Å². The smallest absolute Gasteiger partial charge is 0.253 e. The Morgan fingerprint density at radius 1 is 0.929 bits per heavy atom. The Hall–Kier alpha value is -3.23. The molecular weight excluding hydrogens is 353 g/mol. The van der Waals surface area contributed by atoms with Crippen LogP contribution in [-0.4, -0.2) is 41.9 Å². The van der Waals surface area contributed by atoms with Gasteiger partial charge < -0.3 is 4.90 Å². The number of hydrogen-bond acceptors (Lipinski definition) is 3. The van der Waals surface area contributed by atoms with E-state index in [0.29, 0.717) is 31.7 Å². The third kappa shape index (κ3) is 3.60. The Kier molecular flexibility index (Phi) is 5.05. The van der Waals surface area contributed by atoms with Crippen molar-refractivity contribution < 1.29 is 9.18 Å². The first-order valence-corrected chi connectivity index (χ1v) is 9.33. The van der Waals surface area contributed by atoms with Crippen molar-refractivity contribution in [2.45, 2.75) is 6.04 Å². The van der Waals surface area contributed by atoms with Crippen molar-refractivity contribution >= 4 is 16.7 Å². The van der Waals surface area contributed by atoms with Crippen LogP contribution < -0.4 is 0 Å². The van der Waals surface area contributed by atoms with E-state index in [4.69, 9.17) is 0 Å². The number of amides is 1. The average molecular weight is 373 g/mol. The fourth-order valence-corrected chi connectivity index (χ4v) is 3.70. The van der Waals surface area contributed by atoms with Crippen LogP contribution in [0.15, 0.2) is 66.7 Å². The van der Waals surface area contributed by atoms with Gasteiger partial charge in [-0.3, -0.25) is 9.69 Å². The van der Waals surface area contributed by atoms with Gasteiger partial charge in [-0.15, -0.1) is 0 Å². The van der Waals surface area contributed by atoms with Crippen LogP contribution in [0.3, 0.4) is 0 Å². The van der Waals surface area contributed by atoms with E-state index in [9.17, 15) is 14.4 Å². The molecule has 1 aliphatic rings. The molecule has 1 aliphatic heterocycles. The van der Waals surface area contributed by atoms with E-state index in [1.165, 1.54) is 12.1 Å². The van der Waals surface area contributed by atoms with Crippen LogP contribution >= 0.6 is 0 Å². The van der Waals surface area contributed by atoms with Gasteiger partial charge >= 0.3 is 0 Å². The topological polar surface area (TPSA) is 47.3 Å². The standard InChI is InChI=1S/C23H20FN3O/c24-21-9-7-18(8-10-21)22(16-25)26-11-13-27(14-12-26)23(28)20-6-5-17-3-1-2-4-19(17)15-20/h1-10,15,22H,11-14H2/t22-/m1/s1. The molecule has 5 heteroatoms. The van der Waals surface area contributed by atoms with Gasteiger partial charge in [-0.25, -0.2) is 4.39 Å². The molecule has 0 saturated carbocycles. The highest BCUT2D eigenvalue weighted by molar-refractivity contribution is 5.98. The predicted molar refractivity (Wildman–Crippen MR) is 106 cm³/mol. The molecule has 0 N–H and O–H groups in total. The summed E-state index contributed by atoms with van der Waals surface area (Å²) in [6.07, 6.45) is 0. The van der Waals surface area contributed by atoms with Gasteiger partial charge in [0.15, 0.2) is 0 Å². The normalized spacial score (nSPS) is 15.9. The minimum absolute atomic E-state index is 0.0145. The maximum atomic E-state index is 13.2. The zero-order valence-corrected chi connectivity index (χ0v) is 15.4. The molecule has 3 aromatic carbocycles. The second-order valence-electron chi connectivity index (χ2n) is 6.97. The Labute approximate surface area is 163 Å². The summed E-state index contributed by atoms with van der Waals surface area (Å²) >= 11 is 0. The lowest BCUT2D eigenvalue weighted by atomic mass is 10.0. The van der Waals surface area contributed by atoms with Gasteiger partial charge in [0.2, 0.25) is 0 Å². The maximum absolute atomic E-state index is 13.2. The second kappa shape index (κ2) is 7.79. The first-order chi connectivity index (χ1) is 13.7. The van der Waals surface area contributed by atoms with Crippen molar-refractivity contribution in [1.29, 1.82) is 5.26 Å². The Balaban J connectivity index is 1.44. The van der Waals surface area contributed by atoms with Gasteiger partial charge in [-0.1, -0.05) is 42.5 Å². The van der Waals surface area contributed by atoms with Crippen LogP contribution in [0.5, 0.6) is 0 Å². The lowest BCUT2D eigenvalue weighted by molar-refractivity contribution is 0.0606. The number of rotatable bonds is 3.